The van der Waals surface area contributed by atoms with Crippen molar-refractivity contribution in [2.24, 2.45) is 0 Å². The first-order chi connectivity index (χ1) is 15.6. The molecule has 0 unspecified atom stereocenters. The minimum Gasteiger partial charge on any atom is -0.393 e. The van der Waals surface area contributed by atoms with Crippen LogP contribution in [0.5, 0.6) is 0 Å². The molecule has 0 spiro atoms. The van der Waals surface area contributed by atoms with Crippen LogP contribution in [0, 0.1) is 6.92 Å². The van der Waals surface area contributed by atoms with Gasteiger partial charge in [0, 0.05) is 24.2 Å². The Morgan fingerprint density at radius 2 is 1.91 bits per heavy atom. The van der Waals surface area contributed by atoms with Gasteiger partial charge in [0.25, 0.3) is 5.56 Å². The molecule has 1 saturated heterocycles. The van der Waals surface area contributed by atoms with E-state index < -0.39 is 6.04 Å². The fourth-order valence-corrected chi connectivity index (χ4v) is 4.47. The van der Waals surface area contributed by atoms with Crippen LogP contribution in [0.15, 0.2) is 59.4 Å². The highest BCUT2D eigenvalue weighted by Gasteiger charge is 2.32. The van der Waals surface area contributed by atoms with Crippen molar-refractivity contribution >= 4 is 10.9 Å². The SMILES string of the molecule is Cc1ccc2[nH]c(=O)c([C@H](c3nnnn3Cc3ccccc3)N3CCC(O)CC3)cc2c1. The summed E-state index contributed by atoms with van der Waals surface area (Å²) in [4.78, 5) is 18.5. The van der Waals surface area contributed by atoms with Gasteiger partial charge >= 0.3 is 0 Å². The number of aromatic amines is 1. The maximum atomic E-state index is 13.2. The van der Waals surface area contributed by atoms with Crippen molar-refractivity contribution in [2.75, 3.05) is 13.1 Å². The first-order valence-corrected chi connectivity index (χ1v) is 10.9. The number of fused-ring (bicyclic) bond motifs is 1. The molecule has 3 heterocycles. The van der Waals surface area contributed by atoms with E-state index in [-0.39, 0.29) is 11.7 Å². The van der Waals surface area contributed by atoms with Crippen LogP contribution in [0.3, 0.4) is 0 Å². The summed E-state index contributed by atoms with van der Waals surface area (Å²) in [7, 11) is 0. The van der Waals surface area contributed by atoms with Crippen LogP contribution in [0.4, 0.5) is 0 Å². The van der Waals surface area contributed by atoms with Gasteiger partial charge in [-0.25, -0.2) is 4.68 Å². The lowest BCUT2D eigenvalue weighted by Gasteiger charge is -2.35. The molecule has 0 saturated carbocycles. The fraction of sp³-hybridized carbons (Fsp3) is 0.333. The molecule has 0 aliphatic carbocycles. The third-order valence-electron chi connectivity index (χ3n) is 6.17. The Labute approximate surface area is 185 Å². The van der Waals surface area contributed by atoms with E-state index >= 15 is 0 Å². The van der Waals surface area contributed by atoms with Gasteiger partial charge in [0.05, 0.1) is 12.6 Å². The molecule has 8 heteroatoms. The number of aromatic nitrogens is 5. The molecule has 1 atom stereocenters. The third kappa shape index (κ3) is 4.06. The molecule has 2 aromatic carbocycles. The van der Waals surface area contributed by atoms with Crippen molar-refractivity contribution in [1.82, 2.24) is 30.1 Å². The van der Waals surface area contributed by atoms with Gasteiger partial charge in [-0.2, -0.15) is 0 Å². The third-order valence-corrected chi connectivity index (χ3v) is 6.17. The lowest BCUT2D eigenvalue weighted by atomic mass is 9.99. The average molecular weight is 431 g/mol. The van der Waals surface area contributed by atoms with Gasteiger partial charge in [-0.1, -0.05) is 42.0 Å². The van der Waals surface area contributed by atoms with Gasteiger partial charge in [-0.05, 0) is 59.3 Å². The molecule has 164 valence electrons. The number of aliphatic hydroxyl groups is 1. The van der Waals surface area contributed by atoms with E-state index in [1.165, 1.54) is 0 Å². The zero-order chi connectivity index (χ0) is 22.1. The van der Waals surface area contributed by atoms with Crippen molar-refractivity contribution in [3.05, 3.63) is 87.5 Å². The lowest BCUT2D eigenvalue weighted by molar-refractivity contribution is 0.0659. The van der Waals surface area contributed by atoms with Gasteiger partial charge in [-0.3, -0.25) is 9.69 Å². The largest absolute Gasteiger partial charge is 0.393 e. The van der Waals surface area contributed by atoms with Crippen LogP contribution < -0.4 is 5.56 Å². The van der Waals surface area contributed by atoms with Crippen LogP contribution in [0.2, 0.25) is 0 Å². The number of likely N-dealkylation sites (tertiary alicyclic amines) is 1. The van der Waals surface area contributed by atoms with Crippen molar-refractivity contribution in [1.29, 1.82) is 0 Å². The Kier molecular flexibility index (Phi) is 5.55. The first-order valence-electron chi connectivity index (χ1n) is 10.9. The van der Waals surface area contributed by atoms with E-state index in [4.69, 9.17) is 0 Å². The Balaban J connectivity index is 1.62. The molecular formula is C24H26N6O2. The summed E-state index contributed by atoms with van der Waals surface area (Å²) in [6, 6.07) is 17.5. The normalized spacial score (nSPS) is 16.4. The Morgan fingerprint density at radius 3 is 2.69 bits per heavy atom. The van der Waals surface area contributed by atoms with E-state index in [1.54, 1.807) is 4.68 Å². The van der Waals surface area contributed by atoms with E-state index in [2.05, 4.69) is 31.5 Å². The molecule has 0 radical (unpaired) electrons. The Hall–Kier alpha value is -3.36. The van der Waals surface area contributed by atoms with Crippen LogP contribution in [-0.2, 0) is 6.54 Å². The van der Waals surface area contributed by atoms with E-state index in [9.17, 15) is 9.90 Å². The molecule has 1 aliphatic rings. The van der Waals surface area contributed by atoms with E-state index in [0.29, 0.717) is 43.9 Å². The van der Waals surface area contributed by atoms with Crippen molar-refractivity contribution < 1.29 is 5.11 Å². The Morgan fingerprint density at radius 1 is 1.12 bits per heavy atom. The number of nitrogens with zero attached hydrogens (tertiary/aromatic N) is 5. The number of rotatable bonds is 5. The second-order valence-corrected chi connectivity index (χ2v) is 8.49. The topological polar surface area (TPSA) is 99.9 Å². The molecule has 5 rings (SSSR count). The zero-order valence-corrected chi connectivity index (χ0v) is 18.0. The van der Waals surface area contributed by atoms with Gasteiger partial charge < -0.3 is 10.1 Å². The van der Waals surface area contributed by atoms with E-state index in [0.717, 1.165) is 22.0 Å². The number of aryl methyl sites for hydroxylation is 1. The number of piperidine rings is 1. The summed E-state index contributed by atoms with van der Waals surface area (Å²) in [6.45, 7) is 3.87. The quantitative estimate of drug-likeness (QED) is 0.504. The molecule has 1 fully saturated rings. The second-order valence-electron chi connectivity index (χ2n) is 8.49. The molecule has 1 aliphatic heterocycles. The van der Waals surface area contributed by atoms with Crippen molar-refractivity contribution in [3.8, 4) is 0 Å². The zero-order valence-electron chi connectivity index (χ0n) is 18.0. The highest BCUT2D eigenvalue weighted by molar-refractivity contribution is 5.79. The lowest BCUT2D eigenvalue weighted by Crippen LogP contribution is -2.41. The maximum absolute atomic E-state index is 13.2. The van der Waals surface area contributed by atoms with Crippen molar-refractivity contribution in [2.45, 2.75) is 38.5 Å². The van der Waals surface area contributed by atoms with E-state index in [1.807, 2.05) is 55.5 Å². The van der Waals surface area contributed by atoms with Crippen LogP contribution in [0.25, 0.3) is 10.9 Å². The number of pyridine rings is 1. The van der Waals surface area contributed by atoms with Gasteiger partial charge in [0.1, 0.15) is 6.04 Å². The molecule has 4 aromatic rings. The number of hydrogen-bond acceptors (Lipinski definition) is 6. The molecule has 8 nitrogen and oxygen atoms in total. The monoisotopic (exact) mass is 430 g/mol. The van der Waals surface area contributed by atoms with Crippen molar-refractivity contribution in [3.63, 3.8) is 0 Å². The fourth-order valence-electron chi connectivity index (χ4n) is 4.47. The summed E-state index contributed by atoms with van der Waals surface area (Å²) in [5, 5.41) is 23.6. The van der Waals surface area contributed by atoms with Gasteiger partial charge in [0.15, 0.2) is 5.82 Å². The highest BCUT2D eigenvalue weighted by Crippen LogP contribution is 2.29. The summed E-state index contributed by atoms with van der Waals surface area (Å²) in [5.41, 5.74) is 3.48. The Bertz CT molecular complexity index is 1270. The molecule has 0 bridgehead atoms. The van der Waals surface area contributed by atoms with Crippen LogP contribution >= 0.6 is 0 Å². The van der Waals surface area contributed by atoms with Gasteiger partial charge in [-0.15, -0.1) is 5.10 Å². The summed E-state index contributed by atoms with van der Waals surface area (Å²) >= 11 is 0. The second kappa shape index (κ2) is 8.64. The summed E-state index contributed by atoms with van der Waals surface area (Å²) in [5.74, 6) is 0.628. The highest BCUT2D eigenvalue weighted by atomic mass is 16.3. The average Bonchev–Trinajstić information content (AvgIpc) is 3.24. The number of H-pyrrole nitrogens is 1. The number of tetrazole rings is 1. The first kappa shape index (κ1) is 20.5. The van der Waals surface area contributed by atoms with Crippen LogP contribution in [0.1, 0.15) is 41.4 Å². The molecule has 32 heavy (non-hydrogen) atoms. The number of hydrogen-bond donors (Lipinski definition) is 2. The van der Waals surface area contributed by atoms with Gasteiger partial charge in [0.2, 0.25) is 0 Å². The number of benzene rings is 2. The minimum atomic E-state index is -0.408. The predicted octanol–water partition coefficient (Wildman–Crippen LogP) is 2.42. The predicted molar refractivity (Wildman–Crippen MR) is 121 cm³/mol. The summed E-state index contributed by atoms with van der Waals surface area (Å²) < 4.78 is 1.77. The molecule has 2 aromatic heterocycles. The number of aliphatic hydroxyl groups excluding tert-OH is 1. The standard InChI is InChI=1S/C24H26N6O2/c1-16-7-8-21-18(13-16)14-20(24(32)25-21)22(29-11-9-19(31)10-12-29)23-26-27-28-30(23)15-17-5-3-2-4-6-17/h2-8,13-14,19,22,31H,9-12,15H2,1H3,(H,25,32)/t22-/m1/s1. The maximum Gasteiger partial charge on any atom is 0.253 e. The summed E-state index contributed by atoms with van der Waals surface area (Å²) in [6.07, 6.45) is 0.993. The molecular weight excluding hydrogens is 404 g/mol. The smallest absolute Gasteiger partial charge is 0.253 e. The number of nitrogens with one attached hydrogen (secondary N) is 1. The van der Waals surface area contributed by atoms with Crippen LogP contribution in [-0.4, -0.2) is 54.4 Å². The molecule has 0 amide bonds. The molecule has 2 N–H and O–H groups in total. The minimum absolute atomic E-state index is 0.147.